The highest BCUT2D eigenvalue weighted by Crippen LogP contribution is 2.26. The van der Waals surface area contributed by atoms with Crippen LogP contribution in [0.4, 0.5) is 5.69 Å². The normalized spacial score (nSPS) is 23.1. The average molecular weight is 272 g/mol. The molecule has 0 amide bonds. The number of fused-ring (bicyclic) bond motifs is 1. The summed E-state index contributed by atoms with van der Waals surface area (Å²) in [5.41, 5.74) is 6.89. The van der Waals surface area contributed by atoms with Gasteiger partial charge in [0.1, 0.15) is 5.82 Å². The van der Waals surface area contributed by atoms with E-state index >= 15 is 0 Å². The van der Waals surface area contributed by atoms with Crippen LogP contribution in [0.5, 0.6) is 0 Å². The predicted molar refractivity (Wildman–Crippen MR) is 80.9 cm³/mol. The Labute approximate surface area is 117 Å². The first-order chi connectivity index (χ1) is 9.53. The van der Waals surface area contributed by atoms with Gasteiger partial charge in [-0.1, -0.05) is 6.07 Å². The average Bonchev–Trinajstić information content (AvgIpc) is 2.38. The number of hydrogen-bond donors (Lipinski definition) is 2. The van der Waals surface area contributed by atoms with Crippen molar-refractivity contribution in [2.75, 3.05) is 18.8 Å². The van der Waals surface area contributed by atoms with Crippen molar-refractivity contribution in [1.29, 1.82) is 0 Å². The van der Waals surface area contributed by atoms with Gasteiger partial charge in [0.05, 0.1) is 16.4 Å². The summed E-state index contributed by atoms with van der Waals surface area (Å²) in [5.74, 6) is 0.749. The highest BCUT2D eigenvalue weighted by molar-refractivity contribution is 5.89. The van der Waals surface area contributed by atoms with Crippen molar-refractivity contribution in [3.05, 3.63) is 34.4 Å². The van der Waals surface area contributed by atoms with Crippen molar-refractivity contribution in [2.45, 2.75) is 32.2 Å². The molecule has 1 saturated heterocycles. The van der Waals surface area contributed by atoms with Crippen molar-refractivity contribution in [2.24, 2.45) is 0 Å². The Bertz CT molecular complexity index is 714. The molecular weight excluding hydrogens is 252 g/mol. The fourth-order valence-corrected chi connectivity index (χ4v) is 3.23. The Kier molecular flexibility index (Phi) is 3.01. The van der Waals surface area contributed by atoms with Crippen LogP contribution < -0.4 is 16.6 Å². The summed E-state index contributed by atoms with van der Waals surface area (Å²) in [6, 6.07) is 5.43. The van der Waals surface area contributed by atoms with Gasteiger partial charge in [-0.25, -0.2) is 4.98 Å². The lowest BCUT2D eigenvalue weighted by Gasteiger charge is -2.37. The van der Waals surface area contributed by atoms with Gasteiger partial charge in [0.15, 0.2) is 0 Å². The molecular formula is C15H20N4O. The second-order valence-electron chi connectivity index (χ2n) is 5.82. The maximum Gasteiger partial charge on any atom is 0.264 e. The number of anilines is 1. The van der Waals surface area contributed by atoms with Crippen LogP contribution in [-0.2, 0) is 5.54 Å². The first-order valence-corrected chi connectivity index (χ1v) is 7.02. The number of nitrogens with one attached hydrogen (secondary N) is 1. The molecule has 0 spiro atoms. The van der Waals surface area contributed by atoms with Crippen molar-refractivity contribution in [3.8, 4) is 0 Å². The molecule has 106 valence electrons. The van der Waals surface area contributed by atoms with Gasteiger partial charge in [0, 0.05) is 12.2 Å². The van der Waals surface area contributed by atoms with E-state index in [1.54, 1.807) is 6.07 Å². The molecule has 1 fully saturated rings. The summed E-state index contributed by atoms with van der Waals surface area (Å²) in [4.78, 5) is 17.5. The van der Waals surface area contributed by atoms with Crippen LogP contribution in [-0.4, -0.2) is 22.6 Å². The van der Waals surface area contributed by atoms with E-state index in [1.165, 1.54) is 0 Å². The van der Waals surface area contributed by atoms with Crippen LogP contribution in [0.25, 0.3) is 10.9 Å². The van der Waals surface area contributed by atoms with E-state index in [-0.39, 0.29) is 11.1 Å². The molecule has 0 radical (unpaired) electrons. The Morgan fingerprint density at radius 1 is 1.45 bits per heavy atom. The molecule has 5 nitrogen and oxygen atoms in total. The molecule has 20 heavy (non-hydrogen) atoms. The van der Waals surface area contributed by atoms with E-state index < -0.39 is 0 Å². The van der Waals surface area contributed by atoms with Crippen LogP contribution in [0, 0.1) is 6.92 Å². The summed E-state index contributed by atoms with van der Waals surface area (Å²) < 4.78 is 1.82. The van der Waals surface area contributed by atoms with Gasteiger partial charge in [0.25, 0.3) is 5.56 Å². The molecule has 1 aromatic heterocycles. The fraction of sp³-hybridized carbons (Fsp3) is 0.467. The van der Waals surface area contributed by atoms with Crippen LogP contribution in [0.2, 0.25) is 0 Å². The summed E-state index contributed by atoms with van der Waals surface area (Å²) >= 11 is 0. The predicted octanol–water partition coefficient (Wildman–Crippen LogP) is 1.39. The minimum atomic E-state index is -0.233. The van der Waals surface area contributed by atoms with Crippen LogP contribution in [0.3, 0.4) is 0 Å². The zero-order valence-corrected chi connectivity index (χ0v) is 11.9. The summed E-state index contributed by atoms with van der Waals surface area (Å²) in [6.07, 6.45) is 2.03. The Morgan fingerprint density at radius 3 is 2.95 bits per heavy atom. The fourth-order valence-electron chi connectivity index (χ4n) is 3.23. The second-order valence-corrected chi connectivity index (χ2v) is 5.82. The van der Waals surface area contributed by atoms with Crippen molar-refractivity contribution >= 4 is 16.6 Å². The number of nitrogens with two attached hydrogens (primary N) is 1. The van der Waals surface area contributed by atoms with Gasteiger partial charge in [-0.05, 0) is 45.4 Å². The Balaban J connectivity index is 2.31. The third kappa shape index (κ3) is 1.89. The Morgan fingerprint density at radius 2 is 2.25 bits per heavy atom. The maximum atomic E-state index is 12.9. The van der Waals surface area contributed by atoms with E-state index in [4.69, 9.17) is 5.73 Å². The quantitative estimate of drug-likeness (QED) is 0.769. The number of piperidine rings is 1. The minimum Gasteiger partial charge on any atom is -0.398 e. The molecule has 0 aliphatic carbocycles. The highest BCUT2D eigenvalue weighted by Gasteiger charge is 2.31. The molecule has 0 bridgehead atoms. The lowest BCUT2D eigenvalue weighted by atomic mass is 9.91. The topological polar surface area (TPSA) is 72.9 Å². The number of aryl methyl sites for hydroxylation is 1. The van der Waals surface area contributed by atoms with Gasteiger partial charge >= 0.3 is 0 Å². The molecule has 1 aromatic carbocycles. The molecule has 2 heterocycles. The molecule has 2 aromatic rings. The van der Waals surface area contributed by atoms with Crippen LogP contribution in [0.1, 0.15) is 25.6 Å². The van der Waals surface area contributed by atoms with Crippen molar-refractivity contribution in [3.63, 3.8) is 0 Å². The van der Waals surface area contributed by atoms with Crippen molar-refractivity contribution in [1.82, 2.24) is 14.9 Å². The number of aromatic nitrogens is 2. The van der Waals surface area contributed by atoms with Gasteiger partial charge in [-0.2, -0.15) is 0 Å². The van der Waals surface area contributed by atoms with Gasteiger partial charge in [0.2, 0.25) is 0 Å². The number of rotatable bonds is 1. The second kappa shape index (κ2) is 4.59. The smallest absolute Gasteiger partial charge is 0.264 e. The van der Waals surface area contributed by atoms with E-state index in [0.29, 0.717) is 16.6 Å². The molecule has 0 saturated carbocycles. The first kappa shape index (κ1) is 13.1. The van der Waals surface area contributed by atoms with Crippen molar-refractivity contribution < 1.29 is 0 Å². The molecule has 1 atom stereocenters. The number of nitrogens with zero attached hydrogens (tertiary/aromatic N) is 2. The third-order valence-electron chi connectivity index (χ3n) is 4.21. The van der Waals surface area contributed by atoms with E-state index in [9.17, 15) is 4.79 Å². The van der Waals surface area contributed by atoms with Gasteiger partial charge in [-0.15, -0.1) is 0 Å². The largest absolute Gasteiger partial charge is 0.398 e. The monoisotopic (exact) mass is 272 g/mol. The molecule has 0 unspecified atom stereocenters. The van der Waals surface area contributed by atoms with Crippen LogP contribution in [0.15, 0.2) is 23.0 Å². The van der Waals surface area contributed by atoms with E-state index in [0.717, 1.165) is 31.8 Å². The summed E-state index contributed by atoms with van der Waals surface area (Å²) in [6.45, 7) is 5.80. The summed E-state index contributed by atoms with van der Waals surface area (Å²) in [7, 11) is 0. The molecule has 3 N–H and O–H groups in total. The maximum absolute atomic E-state index is 12.9. The molecule has 5 heteroatoms. The SMILES string of the molecule is Cc1nc2cccc(N)c2c(=O)n1[C@]1(C)CCCNC1. The zero-order chi connectivity index (χ0) is 14.3. The van der Waals surface area contributed by atoms with Gasteiger partial charge in [-0.3, -0.25) is 9.36 Å². The molecule has 1 aliphatic rings. The minimum absolute atomic E-state index is 0.0307. The number of hydrogen-bond acceptors (Lipinski definition) is 4. The standard InChI is InChI=1S/C15H20N4O/c1-10-18-12-6-3-5-11(16)13(12)14(20)19(10)15(2)7-4-8-17-9-15/h3,5-6,17H,4,7-9,16H2,1-2H3/t15-/m1/s1. The molecule has 1 aliphatic heterocycles. The number of benzene rings is 1. The number of nitrogen functional groups attached to an aromatic ring is 1. The third-order valence-corrected chi connectivity index (χ3v) is 4.21. The summed E-state index contributed by atoms with van der Waals surface area (Å²) in [5, 5.41) is 3.90. The molecule has 3 rings (SSSR count). The van der Waals surface area contributed by atoms with Gasteiger partial charge < -0.3 is 11.1 Å². The first-order valence-electron chi connectivity index (χ1n) is 7.02. The Hall–Kier alpha value is -1.88. The lowest BCUT2D eigenvalue weighted by Crippen LogP contribution is -2.50. The zero-order valence-electron chi connectivity index (χ0n) is 11.9. The van der Waals surface area contributed by atoms with E-state index in [2.05, 4.69) is 17.2 Å². The van der Waals surface area contributed by atoms with E-state index in [1.807, 2.05) is 23.6 Å². The highest BCUT2D eigenvalue weighted by atomic mass is 16.1. The van der Waals surface area contributed by atoms with Crippen LogP contribution >= 0.6 is 0 Å². The lowest BCUT2D eigenvalue weighted by molar-refractivity contribution is 0.225.